The summed E-state index contributed by atoms with van der Waals surface area (Å²) in [6, 6.07) is 18.3. The van der Waals surface area contributed by atoms with Crippen LogP contribution in [-0.2, 0) is 6.42 Å². The highest BCUT2D eigenvalue weighted by atomic mass is 15.2. The van der Waals surface area contributed by atoms with Crippen LogP contribution in [0.15, 0.2) is 48.5 Å². The lowest BCUT2D eigenvalue weighted by atomic mass is 9.96. The highest BCUT2D eigenvalue weighted by molar-refractivity contribution is 5.60. The minimum absolute atomic E-state index is 0.480. The Morgan fingerprint density at radius 3 is 2.68 bits per heavy atom. The average molecular weight is 250 g/mol. The SMILES string of the molecule is c1ccc2c(c1)Cc1ccccc1N1CCNC[C@@H]21. The van der Waals surface area contributed by atoms with E-state index in [1.54, 1.807) is 0 Å². The maximum Gasteiger partial charge on any atom is 0.0670 e. The number of nitrogens with one attached hydrogen (secondary N) is 1. The maximum atomic E-state index is 3.54. The third-order valence-electron chi connectivity index (χ3n) is 4.34. The number of anilines is 1. The number of para-hydroxylation sites is 1. The summed E-state index contributed by atoms with van der Waals surface area (Å²) in [6.07, 6.45) is 1.05. The van der Waals surface area contributed by atoms with E-state index in [-0.39, 0.29) is 0 Å². The van der Waals surface area contributed by atoms with Crippen LogP contribution in [0.3, 0.4) is 0 Å². The topological polar surface area (TPSA) is 15.3 Å². The predicted octanol–water partition coefficient (Wildman–Crippen LogP) is 2.74. The van der Waals surface area contributed by atoms with Gasteiger partial charge in [0, 0.05) is 25.3 Å². The molecule has 2 aromatic rings. The van der Waals surface area contributed by atoms with E-state index in [0.29, 0.717) is 6.04 Å². The Kier molecular flexibility index (Phi) is 2.56. The van der Waals surface area contributed by atoms with Crippen molar-refractivity contribution >= 4 is 5.69 Å². The van der Waals surface area contributed by atoms with Crippen LogP contribution in [0.2, 0.25) is 0 Å². The number of benzene rings is 2. The molecule has 2 aliphatic heterocycles. The predicted molar refractivity (Wildman–Crippen MR) is 78.6 cm³/mol. The molecule has 0 bridgehead atoms. The second-order valence-corrected chi connectivity index (χ2v) is 5.42. The lowest BCUT2D eigenvalue weighted by Gasteiger charge is -2.38. The standard InChI is InChI=1S/C17H18N2/c1-3-7-15-13(5-1)11-14-6-2-4-8-16(14)19-10-9-18-12-17(15)19/h1-8,17-18H,9-12H2/t17-/m0/s1. The molecular weight excluding hydrogens is 232 g/mol. The van der Waals surface area contributed by atoms with Crippen LogP contribution in [0.5, 0.6) is 0 Å². The zero-order chi connectivity index (χ0) is 12.7. The van der Waals surface area contributed by atoms with Crippen molar-refractivity contribution in [1.82, 2.24) is 5.32 Å². The first-order valence-corrected chi connectivity index (χ1v) is 7.06. The van der Waals surface area contributed by atoms with Crippen molar-refractivity contribution in [1.29, 1.82) is 0 Å². The van der Waals surface area contributed by atoms with Crippen LogP contribution in [0.1, 0.15) is 22.7 Å². The molecule has 2 heteroatoms. The Hall–Kier alpha value is -1.80. The summed E-state index contributed by atoms with van der Waals surface area (Å²) in [7, 11) is 0. The van der Waals surface area contributed by atoms with Crippen LogP contribution < -0.4 is 10.2 Å². The summed E-state index contributed by atoms with van der Waals surface area (Å²) in [5.74, 6) is 0. The molecule has 1 atom stereocenters. The molecule has 2 aromatic carbocycles. The van der Waals surface area contributed by atoms with Gasteiger partial charge in [0.25, 0.3) is 0 Å². The Balaban J connectivity index is 1.92. The van der Waals surface area contributed by atoms with Crippen molar-refractivity contribution < 1.29 is 0 Å². The molecule has 2 aliphatic rings. The van der Waals surface area contributed by atoms with Crippen molar-refractivity contribution in [2.75, 3.05) is 24.5 Å². The van der Waals surface area contributed by atoms with Crippen LogP contribution in [0, 0.1) is 0 Å². The number of nitrogens with zero attached hydrogens (tertiary/aromatic N) is 1. The molecule has 2 heterocycles. The van der Waals surface area contributed by atoms with Crippen LogP contribution in [0.25, 0.3) is 0 Å². The monoisotopic (exact) mass is 250 g/mol. The van der Waals surface area contributed by atoms with Crippen molar-refractivity contribution in [3.05, 3.63) is 65.2 Å². The number of rotatable bonds is 0. The third kappa shape index (κ3) is 1.75. The van der Waals surface area contributed by atoms with Gasteiger partial charge < -0.3 is 10.2 Å². The highest BCUT2D eigenvalue weighted by Crippen LogP contribution is 2.37. The summed E-state index contributed by atoms with van der Waals surface area (Å²) in [6.45, 7) is 3.22. The van der Waals surface area contributed by atoms with Crippen molar-refractivity contribution in [2.45, 2.75) is 12.5 Å². The van der Waals surface area contributed by atoms with E-state index in [1.807, 2.05) is 0 Å². The molecule has 2 nitrogen and oxygen atoms in total. The van der Waals surface area contributed by atoms with Gasteiger partial charge in [-0.1, -0.05) is 42.5 Å². The molecule has 19 heavy (non-hydrogen) atoms. The first kappa shape index (κ1) is 11.1. The van der Waals surface area contributed by atoms with Gasteiger partial charge in [0.2, 0.25) is 0 Å². The Labute approximate surface area is 114 Å². The number of piperazine rings is 1. The summed E-state index contributed by atoms with van der Waals surface area (Å²) in [4.78, 5) is 2.58. The fraction of sp³-hybridized carbons (Fsp3) is 0.294. The van der Waals surface area contributed by atoms with Gasteiger partial charge in [-0.3, -0.25) is 0 Å². The molecule has 1 N–H and O–H groups in total. The van der Waals surface area contributed by atoms with Gasteiger partial charge in [0.15, 0.2) is 0 Å². The van der Waals surface area contributed by atoms with Crippen LogP contribution in [-0.4, -0.2) is 19.6 Å². The van der Waals surface area contributed by atoms with Crippen molar-refractivity contribution in [3.8, 4) is 0 Å². The molecule has 0 saturated carbocycles. The molecule has 1 fully saturated rings. The van der Waals surface area contributed by atoms with Gasteiger partial charge in [-0.25, -0.2) is 0 Å². The molecule has 1 saturated heterocycles. The Bertz CT molecular complexity index is 552. The molecule has 0 amide bonds. The molecule has 0 aromatic heterocycles. The molecule has 0 unspecified atom stereocenters. The van der Waals surface area contributed by atoms with Crippen molar-refractivity contribution in [2.24, 2.45) is 0 Å². The van der Waals surface area contributed by atoms with E-state index >= 15 is 0 Å². The Morgan fingerprint density at radius 1 is 0.947 bits per heavy atom. The first-order chi connectivity index (χ1) is 9.43. The minimum Gasteiger partial charge on any atom is -0.362 e. The zero-order valence-corrected chi connectivity index (χ0v) is 11.0. The van der Waals surface area contributed by atoms with Crippen molar-refractivity contribution in [3.63, 3.8) is 0 Å². The van der Waals surface area contributed by atoms with Gasteiger partial charge in [-0.05, 0) is 29.2 Å². The lowest BCUT2D eigenvalue weighted by Crippen LogP contribution is -2.46. The lowest BCUT2D eigenvalue weighted by molar-refractivity contribution is 0.490. The third-order valence-corrected chi connectivity index (χ3v) is 4.34. The van der Waals surface area contributed by atoms with E-state index < -0.39 is 0 Å². The van der Waals surface area contributed by atoms with E-state index in [0.717, 1.165) is 26.1 Å². The number of hydrogen-bond acceptors (Lipinski definition) is 2. The van der Waals surface area contributed by atoms with Gasteiger partial charge >= 0.3 is 0 Å². The molecule has 4 rings (SSSR count). The molecule has 0 spiro atoms. The first-order valence-electron chi connectivity index (χ1n) is 7.06. The quantitative estimate of drug-likeness (QED) is 0.773. The molecular formula is C17H18N2. The zero-order valence-electron chi connectivity index (χ0n) is 11.0. The van der Waals surface area contributed by atoms with E-state index in [2.05, 4.69) is 58.7 Å². The summed E-state index contributed by atoms with van der Waals surface area (Å²) >= 11 is 0. The van der Waals surface area contributed by atoms with E-state index in [4.69, 9.17) is 0 Å². The second kappa shape index (κ2) is 4.39. The fourth-order valence-corrected chi connectivity index (χ4v) is 3.44. The number of fused-ring (bicyclic) bond motifs is 5. The van der Waals surface area contributed by atoms with E-state index in [9.17, 15) is 0 Å². The van der Waals surface area contributed by atoms with Crippen LogP contribution >= 0.6 is 0 Å². The maximum absolute atomic E-state index is 3.54. The van der Waals surface area contributed by atoms with Gasteiger partial charge in [0.05, 0.1) is 6.04 Å². The van der Waals surface area contributed by atoms with Crippen LogP contribution in [0.4, 0.5) is 5.69 Å². The highest BCUT2D eigenvalue weighted by Gasteiger charge is 2.29. The minimum atomic E-state index is 0.480. The normalized spacial score (nSPS) is 21.1. The molecule has 0 radical (unpaired) electrons. The largest absolute Gasteiger partial charge is 0.362 e. The summed E-state index contributed by atoms with van der Waals surface area (Å²) in [5, 5.41) is 3.54. The molecule has 96 valence electrons. The van der Waals surface area contributed by atoms with Gasteiger partial charge in [-0.2, -0.15) is 0 Å². The van der Waals surface area contributed by atoms with Gasteiger partial charge in [0.1, 0.15) is 0 Å². The van der Waals surface area contributed by atoms with Gasteiger partial charge in [-0.15, -0.1) is 0 Å². The molecule has 0 aliphatic carbocycles. The average Bonchev–Trinajstić information content (AvgIpc) is 2.62. The summed E-state index contributed by atoms with van der Waals surface area (Å²) < 4.78 is 0. The fourth-order valence-electron chi connectivity index (χ4n) is 3.44. The second-order valence-electron chi connectivity index (χ2n) is 5.42. The Morgan fingerprint density at radius 2 is 1.74 bits per heavy atom. The smallest absolute Gasteiger partial charge is 0.0670 e. The number of hydrogen-bond donors (Lipinski definition) is 1. The summed E-state index contributed by atoms with van der Waals surface area (Å²) in [5.41, 5.74) is 5.85. The van der Waals surface area contributed by atoms with E-state index in [1.165, 1.54) is 22.4 Å².